The van der Waals surface area contributed by atoms with Crippen molar-refractivity contribution in [2.24, 2.45) is 0 Å². The molecular weight excluding hydrogens is 316 g/mol. The summed E-state index contributed by atoms with van der Waals surface area (Å²) in [5.74, 6) is 1.33. The molecule has 2 aromatic carbocycles. The molecule has 0 aliphatic carbocycles. The number of carbonyl (C=O) groups excluding carboxylic acids is 1. The molecule has 2 rings (SSSR count). The van der Waals surface area contributed by atoms with Crippen molar-refractivity contribution in [3.63, 3.8) is 0 Å². The zero-order chi connectivity index (χ0) is 14.5. The molecule has 3 heteroatoms. The summed E-state index contributed by atoms with van der Waals surface area (Å²) in [4.78, 5) is 11.5. The van der Waals surface area contributed by atoms with Crippen LogP contribution in [0.15, 0.2) is 42.5 Å². The molecule has 20 heavy (non-hydrogen) atoms. The van der Waals surface area contributed by atoms with Crippen molar-refractivity contribution < 1.29 is 9.53 Å². The maximum absolute atomic E-state index is 11.5. The lowest BCUT2D eigenvalue weighted by Crippen LogP contribution is -1.96. The number of para-hydroxylation sites is 1. The fourth-order valence-corrected chi connectivity index (χ4v) is 2.51. The van der Waals surface area contributed by atoms with Gasteiger partial charge in [-0.1, -0.05) is 32.0 Å². The summed E-state index contributed by atoms with van der Waals surface area (Å²) in [6, 6.07) is 13.3. The van der Waals surface area contributed by atoms with Crippen LogP contribution in [-0.2, 0) is 12.8 Å². The van der Waals surface area contributed by atoms with Crippen LogP contribution in [-0.4, -0.2) is 4.69 Å². The Morgan fingerprint density at radius 3 is 2.40 bits per heavy atom. The van der Waals surface area contributed by atoms with E-state index >= 15 is 0 Å². The van der Waals surface area contributed by atoms with E-state index in [1.807, 2.05) is 24.3 Å². The monoisotopic (exact) mass is 332 g/mol. The van der Waals surface area contributed by atoms with E-state index in [0.29, 0.717) is 11.3 Å². The van der Waals surface area contributed by atoms with Gasteiger partial charge >= 0.3 is 0 Å². The van der Waals surface area contributed by atoms with E-state index in [9.17, 15) is 4.79 Å². The van der Waals surface area contributed by atoms with Crippen LogP contribution in [0.25, 0.3) is 0 Å². The van der Waals surface area contributed by atoms with Crippen molar-refractivity contribution in [1.29, 1.82) is 0 Å². The molecule has 0 atom stereocenters. The van der Waals surface area contributed by atoms with Gasteiger partial charge in [0.1, 0.15) is 11.5 Å². The van der Waals surface area contributed by atoms with Crippen molar-refractivity contribution >= 4 is 20.6 Å². The van der Waals surface area contributed by atoms with Crippen molar-refractivity contribution in [3.8, 4) is 11.5 Å². The molecule has 104 valence electrons. The molecular formula is C17H17BrO2. The Balaban J connectivity index is 2.33. The molecule has 0 aliphatic heterocycles. The molecule has 0 radical (unpaired) electrons. The number of hydrogen-bond acceptors (Lipinski definition) is 2. The fraction of sp³-hybridized carbons (Fsp3) is 0.235. The molecule has 0 saturated heterocycles. The quantitative estimate of drug-likeness (QED) is 0.708. The lowest BCUT2D eigenvalue weighted by molar-refractivity contribution is 0.109. The van der Waals surface area contributed by atoms with E-state index in [2.05, 4.69) is 35.8 Å². The smallest absolute Gasteiger partial charge is 0.231 e. The average molecular weight is 333 g/mol. The average Bonchev–Trinajstić information content (AvgIpc) is 2.47. The Hall–Kier alpha value is -1.61. The lowest BCUT2D eigenvalue weighted by Gasteiger charge is -2.12. The van der Waals surface area contributed by atoms with Gasteiger partial charge in [0.15, 0.2) is 0 Å². The Morgan fingerprint density at radius 2 is 1.75 bits per heavy atom. The van der Waals surface area contributed by atoms with Crippen molar-refractivity contribution in [3.05, 3.63) is 59.2 Å². The zero-order valence-corrected chi connectivity index (χ0v) is 13.2. The van der Waals surface area contributed by atoms with E-state index in [1.54, 1.807) is 12.1 Å². The van der Waals surface area contributed by atoms with Gasteiger partial charge in [0.05, 0.1) is 5.56 Å². The first kappa shape index (κ1) is 14.8. The summed E-state index contributed by atoms with van der Waals surface area (Å²) >= 11 is 2.98. The second-order valence-corrected chi connectivity index (χ2v) is 5.23. The predicted molar refractivity (Wildman–Crippen MR) is 85.0 cm³/mol. The number of rotatable bonds is 5. The van der Waals surface area contributed by atoms with E-state index < -0.39 is 0 Å². The Bertz CT molecular complexity index is 620. The highest BCUT2D eigenvalue weighted by atomic mass is 79.9. The summed E-state index contributed by atoms with van der Waals surface area (Å²) in [6.07, 6.45) is 1.99. The first-order valence-electron chi connectivity index (χ1n) is 6.74. The van der Waals surface area contributed by atoms with Crippen LogP contribution in [0.4, 0.5) is 0 Å². The van der Waals surface area contributed by atoms with Crippen LogP contribution < -0.4 is 4.74 Å². The number of halogens is 1. The normalized spacial score (nSPS) is 10.3. The summed E-state index contributed by atoms with van der Waals surface area (Å²) < 4.78 is 5.69. The van der Waals surface area contributed by atoms with Crippen LogP contribution >= 0.6 is 15.9 Å². The minimum Gasteiger partial charge on any atom is -0.457 e. The minimum atomic E-state index is -0.172. The summed E-state index contributed by atoms with van der Waals surface area (Å²) in [5.41, 5.74) is 3.16. The molecule has 0 aliphatic rings. The maximum atomic E-state index is 11.5. The predicted octanol–water partition coefficient (Wildman–Crippen LogP) is 5.14. The number of carbonyl (C=O) groups is 1. The Morgan fingerprint density at radius 1 is 1.05 bits per heavy atom. The largest absolute Gasteiger partial charge is 0.457 e. The fourth-order valence-electron chi connectivity index (χ4n) is 2.18. The highest BCUT2D eigenvalue weighted by Gasteiger charge is 2.10. The molecule has 0 bridgehead atoms. The highest BCUT2D eigenvalue weighted by Crippen LogP contribution is 2.28. The summed E-state index contributed by atoms with van der Waals surface area (Å²) in [5, 5.41) is 0. The van der Waals surface area contributed by atoms with Crippen molar-refractivity contribution in [1.82, 2.24) is 0 Å². The molecule has 2 nitrogen and oxygen atoms in total. The van der Waals surface area contributed by atoms with Gasteiger partial charge < -0.3 is 4.74 Å². The second-order valence-electron chi connectivity index (χ2n) is 4.51. The van der Waals surface area contributed by atoms with Crippen molar-refractivity contribution in [2.45, 2.75) is 26.7 Å². The summed E-state index contributed by atoms with van der Waals surface area (Å²) in [6.45, 7) is 4.28. The molecule has 0 heterocycles. The number of aryl methyl sites for hydroxylation is 2. The molecule has 0 spiro atoms. The Labute approximate surface area is 127 Å². The standard InChI is InChI=1S/C17H17BrO2/c1-3-12-9-10-14(11-13(12)4-2)20-16-8-6-5-7-15(16)17(18)19/h5-11H,3-4H2,1-2H3. The number of hydrogen-bond donors (Lipinski definition) is 0. The van der Waals surface area contributed by atoms with Gasteiger partial charge in [0.2, 0.25) is 4.69 Å². The molecule has 0 amide bonds. The van der Waals surface area contributed by atoms with Crippen LogP contribution in [0.3, 0.4) is 0 Å². The third-order valence-electron chi connectivity index (χ3n) is 3.27. The van der Waals surface area contributed by atoms with E-state index in [0.717, 1.165) is 18.6 Å². The zero-order valence-electron chi connectivity index (χ0n) is 11.7. The second kappa shape index (κ2) is 6.71. The topological polar surface area (TPSA) is 26.3 Å². The highest BCUT2D eigenvalue weighted by molar-refractivity contribution is 9.18. The summed E-state index contributed by atoms with van der Waals surface area (Å²) in [7, 11) is 0. The molecule has 0 saturated carbocycles. The first-order chi connectivity index (χ1) is 9.65. The SMILES string of the molecule is CCc1ccc(Oc2ccccc2C(=O)Br)cc1CC. The third kappa shape index (κ3) is 3.28. The molecule has 0 unspecified atom stereocenters. The van der Waals surface area contributed by atoms with E-state index in [4.69, 9.17) is 4.74 Å². The van der Waals surface area contributed by atoms with E-state index in [-0.39, 0.29) is 4.69 Å². The lowest BCUT2D eigenvalue weighted by atomic mass is 10.0. The first-order valence-corrected chi connectivity index (χ1v) is 7.53. The van der Waals surface area contributed by atoms with Gasteiger partial charge in [0, 0.05) is 0 Å². The van der Waals surface area contributed by atoms with E-state index in [1.165, 1.54) is 11.1 Å². The van der Waals surface area contributed by atoms with Gasteiger partial charge in [-0.25, -0.2) is 0 Å². The number of benzene rings is 2. The Kier molecular flexibility index (Phi) is 4.96. The van der Waals surface area contributed by atoms with Gasteiger partial charge in [0.25, 0.3) is 0 Å². The minimum absolute atomic E-state index is 0.172. The van der Waals surface area contributed by atoms with Gasteiger partial charge in [-0.15, -0.1) is 0 Å². The molecule has 0 N–H and O–H groups in total. The molecule has 2 aromatic rings. The van der Waals surface area contributed by atoms with Gasteiger partial charge in [-0.05, 0) is 64.2 Å². The van der Waals surface area contributed by atoms with Gasteiger partial charge in [-0.3, -0.25) is 4.79 Å². The van der Waals surface area contributed by atoms with Gasteiger partial charge in [-0.2, -0.15) is 0 Å². The van der Waals surface area contributed by atoms with Crippen LogP contribution in [0.5, 0.6) is 11.5 Å². The third-order valence-corrected chi connectivity index (χ3v) is 3.69. The van der Waals surface area contributed by atoms with Crippen LogP contribution in [0, 0.1) is 0 Å². The van der Waals surface area contributed by atoms with Crippen molar-refractivity contribution in [2.75, 3.05) is 0 Å². The van der Waals surface area contributed by atoms with Crippen LogP contribution in [0.1, 0.15) is 35.3 Å². The maximum Gasteiger partial charge on any atom is 0.231 e. The number of ether oxygens (including phenoxy) is 1. The molecule has 0 fully saturated rings. The molecule has 0 aromatic heterocycles. The van der Waals surface area contributed by atoms with Crippen LogP contribution in [0.2, 0.25) is 0 Å².